The van der Waals surface area contributed by atoms with Gasteiger partial charge in [0.05, 0.1) is 0 Å². The summed E-state index contributed by atoms with van der Waals surface area (Å²) in [5, 5.41) is 17.2. The molecular formula is C11H15NO2. The maximum absolute atomic E-state index is 10.6. The highest BCUT2D eigenvalue weighted by atomic mass is 16.4. The molecule has 0 unspecified atom stereocenters. The number of carbonyl (C=O) groups is 1. The van der Waals surface area contributed by atoms with E-state index >= 15 is 0 Å². The first-order chi connectivity index (χ1) is 6.63. The number of carboxylic acids is 1. The molecule has 3 heteroatoms. The molecule has 0 saturated heterocycles. The van der Waals surface area contributed by atoms with Gasteiger partial charge in [-0.05, 0) is 24.7 Å². The van der Waals surface area contributed by atoms with Crippen LogP contribution in [0.3, 0.4) is 0 Å². The lowest BCUT2D eigenvalue weighted by atomic mass is 9.82. The third-order valence-electron chi connectivity index (χ3n) is 2.81. The topological polar surface area (TPSA) is 61.1 Å². The Morgan fingerprint density at radius 3 is 2.43 bits per heavy atom. The normalized spacial score (nSPS) is 28.1. The van der Waals surface area contributed by atoms with Crippen LogP contribution in [0, 0.1) is 23.2 Å². The van der Waals surface area contributed by atoms with Crippen molar-refractivity contribution < 1.29 is 9.90 Å². The predicted octanol–water partition coefficient (Wildman–Crippen LogP) is 2.35. The number of nitriles is 1. The SMILES string of the molecule is CC1CCC(C=C(C#N)C(=O)O)CC1. The minimum Gasteiger partial charge on any atom is -0.477 e. The van der Waals surface area contributed by atoms with E-state index in [4.69, 9.17) is 10.4 Å². The van der Waals surface area contributed by atoms with Crippen molar-refractivity contribution in [2.24, 2.45) is 11.8 Å². The molecule has 0 amide bonds. The molecule has 0 bridgehead atoms. The second kappa shape index (κ2) is 4.80. The molecule has 1 aliphatic carbocycles. The van der Waals surface area contributed by atoms with Gasteiger partial charge in [-0.1, -0.05) is 25.8 Å². The Balaban J connectivity index is 2.59. The van der Waals surface area contributed by atoms with Crippen LogP contribution in [-0.2, 0) is 4.79 Å². The number of hydrogen-bond donors (Lipinski definition) is 1. The highest BCUT2D eigenvalue weighted by molar-refractivity contribution is 5.90. The first kappa shape index (κ1) is 10.8. The molecule has 1 saturated carbocycles. The van der Waals surface area contributed by atoms with Gasteiger partial charge in [-0.25, -0.2) is 4.79 Å². The number of hydrogen-bond acceptors (Lipinski definition) is 2. The molecule has 1 aliphatic rings. The van der Waals surface area contributed by atoms with E-state index in [9.17, 15) is 4.79 Å². The predicted molar refractivity (Wildman–Crippen MR) is 52.5 cm³/mol. The summed E-state index contributed by atoms with van der Waals surface area (Å²) in [4.78, 5) is 10.6. The molecule has 1 rings (SSSR count). The molecular weight excluding hydrogens is 178 g/mol. The van der Waals surface area contributed by atoms with Crippen molar-refractivity contribution in [1.29, 1.82) is 5.26 Å². The molecule has 0 aromatic rings. The molecule has 0 aliphatic heterocycles. The van der Waals surface area contributed by atoms with Gasteiger partial charge in [-0.3, -0.25) is 0 Å². The van der Waals surface area contributed by atoms with Crippen molar-refractivity contribution in [3.8, 4) is 6.07 Å². The number of rotatable bonds is 2. The second-order valence-electron chi connectivity index (χ2n) is 4.02. The van der Waals surface area contributed by atoms with E-state index in [1.807, 2.05) is 0 Å². The summed E-state index contributed by atoms with van der Waals surface area (Å²) in [6.45, 7) is 2.21. The summed E-state index contributed by atoms with van der Waals surface area (Å²) in [7, 11) is 0. The number of carboxylic acid groups (broad SMARTS) is 1. The molecule has 0 radical (unpaired) electrons. The first-order valence-electron chi connectivity index (χ1n) is 4.98. The van der Waals surface area contributed by atoms with Crippen LogP contribution < -0.4 is 0 Å². The molecule has 1 N–H and O–H groups in total. The Hall–Kier alpha value is -1.30. The second-order valence-corrected chi connectivity index (χ2v) is 4.02. The van der Waals surface area contributed by atoms with Crippen LogP contribution in [0.1, 0.15) is 32.6 Å². The maximum atomic E-state index is 10.6. The molecule has 14 heavy (non-hydrogen) atoms. The van der Waals surface area contributed by atoms with Crippen LogP contribution in [0.5, 0.6) is 0 Å². The smallest absolute Gasteiger partial charge is 0.346 e. The van der Waals surface area contributed by atoms with Crippen LogP contribution in [0.15, 0.2) is 11.6 Å². The largest absolute Gasteiger partial charge is 0.477 e. The van der Waals surface area contributed by atoms with E-state index in [2.05, 4.69) is 6.92 Å². The van der Waals surface area contributed by atoms with E-state index in [0.717, 1.165) is 31.6 Å². The van der Waals surface area contributed by atoms with Gasteiger partial charge in [-0.2, -0.15) is 5.26 Å². The summed E-state index contributed by atoms with van der Waals surface area (Å²) in [5.41, 5.74) is -0.107. The van der Waals surface area contributed by atoms with E-state index in [1.165, 1.54) is 0 Å². The van der Waals surface area contributed by atoms with Gasteiger partial charge in [0.15, 0.2) is 0 Å². The average Bonchev–Trinajstić information content (AvgIpc) is 2.16. The van der Waals surface area contributed by atoms with Gasteiger partial charge in [0.2, 0.25) is 0 Å². The summed E-state index contributed by atoms with van der Waals surface area (Å²) in [6, 6.07) is 1.72. The molecule has 0 atom stereocenters. The fraction of sp³-hybridized carbons (Fsp3) is 0.636. The van der Waals surface area contributed by atoms with E-state index in [1.54, 1.807) is 12.1 Å². The van der Waals surface area contributed by atoms with Crippen LogP contribution in [0.4, 0.5) is 0 Å². The fourth-order valence-electron chi connectivity index (χ4n) is 1.84. The molecule has 0 spiro atoms. The standard InChI is InChI=1S/C11H15NO2/c1-8-2-4-9(5-3-8)6-10(7-12)11(13)14/h6,8-9H,2-5H2,1H3,(H,13,14). The highest BCUT2D eigenvalue weighted by Gasteiger charge is 2.18. The van der Waals surface area contributed by atoms with Crippen molar-refractivity contribution in [3.05, 3.63) is 11.6 Å². The summed E-state index contributed by atoms with van der Waals surface area (Å²) >= 11 is 0. The summed E-state index contributed by atoms with van der Waals surface area (Å²) in [6.07, 6.45) is 5.92. The molecule has 0 aromatic heterocycles. The number of nitrogens with zero attached hydrogens (tertiary/aromatic N) is 1. The van der Waals surface area contributed by atoms with Gasteiger partial charge in [0, 0.05) is 0 Å². The summed E-state index contributed by atoms with van der Waals surface area (Å²) < 4.78 is 0. The fourth-order valence-corrected chi connectivity index (χ4v) is 1.84. The lowest BCUT2D eigenvalue weighted by Gasteiger charge is -2.23. The van der Waals surface area contributed by atoms with Crippen molar-refractivity contribution in [2.75, 3.05) is 0 Å². The zero-order valence-electron chi connectivity index (χ0n) is 8.36. The quantitative estimate of drug-likeness (QED) is 0.541. The van der Waals surface area contributed by atoms with Gasteiger partial charge in [0.25, 0.3) is 0 Å². The first-order valence-corrected chi connectivity index (χ1v) is 4.98. The minimum absolute atomic E-state index is 0.107. The maximum Gasteiger partial charge on any atom is 0.346 e. The van der Waals surface area contributed by atoms with Gasteiger partial charge < -0.3 is 5.11 Å². The number of aliphatic carboxylic acids is 1. The van der Waals surface area contributed by atoms with Crippen molar-refractivity contribution in [1.82, 2.24) is 0 Å². The number of allylic oxidation sites excluding steroid dienone is 1. The molecule has 0 aromatic carbocycles. The highest BCUT2D eigenvalue weighted by Crippen LogP contribution is 2.29. The monoisotopic (exact) mass is 193 g/mol. The Kier molecular flexibility index (Phi) is 3.70. The van der Waals surface area contributed by atoms with Crippen molar-refractivity contribution >= 4 is 5.97 Å². The average molecular weight is 193 g/mol. The third kappa shape index (κ3) is 2.88. The third-order valence-corrected chi connectivity index (χ3v) is 2.81. The molecule has 3 nitrogen and oxygen atoms in total. The Morgan fingerprint density at radius 1 is 1.43 bits per heavy atom. The lowest BCUT2D eigenvalue weighted by Crippen LogP contribution is -2.12. The lowest BCUT2D eigenvalue weighted by molar-refractivity contribution is -0.132. The molecule has 0 heterocycles. The van der Waals surface area contributed by atoms with Crippen LogP contribution in [-0.4, -0.2) is 11.1 Å². The van der Waals surface area contributed by atoms with Crippen LogP contribution in [0.2, 0.25) is 0 Å². The molecule has 1 fully saturated rings. The molecule has 76 valence electrons. The van der Waals surface area contributed by atoms with E-state index < -0.39 is 5.97 Å². The zero-order valence-corrected chi connectivity index (χ0v) is 8.36. The van der Waals surface area contributed by atoms with Gasteiger partial charge in [0.1, 0.15) is 11.6 Å². The minimum atomic E-state index is -1.11. The van der Waals surface area contributed by atoms with Gasteiger partial charge in [-0.15, -0.1) is 0 Å². The van der Waals surface area contributed by atoms with Crippen LogP contribution >= 0.6 is 0 Å². The summed E-state index contributed by atoms with van der Waals surface area (Å²) in [5.74, 6) is -0.0712. The zero-order chi connectivity index (χ0) is 10.6. The van der Waals surface area contributed by atoms with E-state index in [-0.39, 0.29) is 11.5 Å². The van der Waals surface area contributed by atoms with Crippen molar-refractivity contribution in [2.45, 2.75) is 32.6 Å². The van der Waals surface area contributed by atoms with E-state index in [0.29, 0.717) is 0 Å². The Labute approximate surface area is 84.0 Å². The Morgan fingerprint density at radius 2 is 2.00 bits per heavy atom. The van der Waals surface area contributed by atoms with Crippen LogP contribution in [0.25, 0.3) is 0 Å². The van der Waals surface area contributed by atoms with Crippen molar-refractivity contribution in [3.63, 3.8) is 0 Å². The van der Waals surface area contributed by atoms with Gasteiger partial charge >= 0.3 is 5.97 Å². The Bertz CT molecular complexity index is 280.